The molecule has 0 amide bonds. The molecule has 0 bridgehead atoms. The van der Waals surface area contributed by atoms with E-state index in [9.17, 15) is 0 Å². The molecule has 0 aliphatic heterocycles. The van der Waals surface area contributed by atoms with Gasteiger partial charge in [-0.2, -0.15) is 0 Å². The smallest absolute Gasteiger partial charge is 0.0927 e. The molecule has 1 aromatic carbocycles. The fourth-order valence-corrected chi connectivity index (χ4v) is 1.98. The number of nitrogens with zero attached hydrogens (tertiary/aromatic N) is 3. The summed E-state index contributed by atoms with van der Waals surface area (Å²) in [4.78, 5) is 1.26. The average molecular weight is 219 g/mol. The number of hydrogen-bond donors (Lipinski definition) is 0. The molecule has 4 heteroatoms. The Kier molecular flexibility index (Phi) is 3.40. The maximum atomic E-state index is 4.05. The lowest BCUT2D eigenvalue weighted by molar-refractivity contribution is 0.700. The molecule has 3 nitrogen and oxygen atoms in total. The Balaban J connectivity index is 1.93. The van der Waals surface area contributed by atoms with Gasteiger partial charge in [0.1, 0.15) is 0 Å². The van der Waals surface area contributed by atoms with E-state index < -0.39 is 0 Å². The number of benzene rings is 1. The molecule has 0 spiro atoms. The highest BCUT2D eigenvalue weighted by Gasteiger charge is 1.98. The predicted octanol–water partition coefficient (Wildman–Crippen LogP) is 2.59. The second-order valence-corrected chi connectivity index (χ2v) is 4.21. The third-order valence-corrected chi connectivity index (χ3v) is 3.05. The van der Waals surface area contributed by atoms with Crippen LogP contribution in [0.5, 0.6) is 0 Å². The van der Waals surface area contributed by atoms with Crippen LogP contribution in [-0.2, 0) is 12.3 Å². The molecule has 1 aromatic heterocycles. The van der Waals surface area contributed by atoms with E-state index >= 15 is 0 Å². The first-order valence-electron chi connectivity index (χ1n) is 4.95. The molecule has 15 heavy (non-hydrogen) atoms. The van der Waals surface area contributed by atoms with Crippen molar-refractivity contribution in [1.82, 2.24) is 15.0 Å². The second kappa shape index (κ2) is 4.98. The largest absolute Gasteiger partial charge is 0.242 e. The van der Waals surface area contributed by atoms with E-state index in [1.165, 1.54) is 4.90 Å². The number of rotatable bonds is 4. The molecule has 78 valence electrons. The SMILES string of the molecule is CCc1cn(CSc2ccccc2)nn1. The van der Waals surface area contributed by atoms with Gasteiger partial charge in [-0.05, 0) is 18.6 Å². The van der Waals surface area contributed by atoms with Crippen LogP contribution in [0.15, 0.2) is 41.4 Å². The van der Waals surface area contributed by atoms with Gasteiger partial charge in [0.05, 0.1) is 11.6 Å². The molecule has 0 aliphatic carbocycles. The quantitative estimate of drug-likeness (QED) is 0.740. The van der Waals surface area contributed by atoms with E-state index in [4.69, 9.17) is 0 Å². The van der Waals surface area contributed by atoms with E-state index in [0.29, 0.717) is 0 Å². The number of aryl methyl sites for hydroxylation is 1. The first-order valence-corrected chi connectivity index (χ1v) is 5.94. The van der Waals surface area contributed by atoms with E-state index in [1.54, 1.807) is 11.8 Å². The first kappa shape index (κ1) is 10.2. The second-order valence-electron chi connectivity index (χ2n) is 3.19. The summed E-state index contributed by atoms with van der Waals surface area (Å²) in [6.45, 7) is 2.08. The Hall–Kier alpha value is -1.29. The topological polar surface area (TPSA) is 30.7 Å². The Morgan fingerprint density at radius 1 is 1.27 bits per heavy atom. The van der Waals surface area contributed by atoms with Crippen molar-refractivity contribution in [2.75, 3.05) is 0 Å². The van der Waals surface area contributed by atoms with Gasteiger partial charge in [-0.1, -0.05) is 30.3 Å². The third kappa shape index (κ3) is 2.83. The summed E-state index contributed by atoms with van der Waals surface area (Å²) in [7, 11) is 0. The minimum absolute atomic E-state index is 0.816. The first-order chi connectivity index (χ1) is 7.38. The van der Waals surface area contributed by atoms with E-state index in [2.05, 4.69) is 29.4 Å². The summed E-state index contributed by atoms with van der Waals surface area (Å²) >= 11 is 1.76. The Bertz CT molecular complexity index is 411. The van der Waals surface area contributed by atoms with Crippen molar-refractivity contribution < 1.29 is 0 Å². The van der Waals surface area contributed by atoms with Crippen LogP contribution >= 0.6 is 11.8 Å². The van der Waals surface area contributed by atoms with Gasteiger partial charge in [0.2, 0.25) is 0 Å². The van der Waals surface area contributed by atoms with Gasteiger partial charge in [-0.3, -0.25) is 0 Å². The van der Waals surface area contributed by atoms with Gasteiger partial charge in [-0.15, -0.1) is 16.9 Å². The van der Waals surface area contributed by atoms with Gasteiger partial charge >= 0.3 is 0 Å². The zero-order chi connectivity index (χ0) is 10.5. The summed E-state index contributed by atoms with van der Waals surface area (Å²) < 4.78 is 1.87. The number of hydrogen-bond acceptors (Lipinski definition) is 3. The summed E-state index contributed by atoms with van der Waals surface area (Å²) in [5, 5.41) is 8.09. The molecule has 0 aliphatic rings. The Morgan fingerprint density at radius 3 is 2.73 bits per heavy atom. The molecule has 1 heterocycles. The zero-order valence-corrected chi connectivity index (χ0v) is 9.44. The molecule has 2 rings (SSSR count). The van der Waals surface area contributed by atoms with Crippen molar-refractivity contribution in [2.24, 2.45) is 0 Å². The normalized spacial score (nSPS) is 10.5. The minimum atomic E-state index is 0.816. The molecule has 0 fully saturated rings. The molecular formula is C11H13N3S. The molecule has 0 N–H and O–H groups in total. The lowest BCUT2D eigenvalue weighted by atomic mass is 10.4. The van der Waals surface area contributed by atoms with Crippen molar-refractivity contribution in [2.45, 2.75) is 24.1 Å². The highest BCUT2D eigenvalue weighted by atomic mass is 32.2. The Morgan fingerprint density at radius 2 is 2.07 bits per heavy atom. The monoisotopic (exact) mass is 219 g/mol. The van der Waals surface area contributed by atoms with Gasteiger partial charge in [0.25, 0.3) is 0 Å². The van der Waals surface area contributed by atoms with Gasteiger partial charge in [0.15, 0.2) is 0 Å². The highest BCUT2D eigenvalue weighted by Crippen LogP contribution is 2.18. The van der Waals surface area contributed by atoms with Crippen LogP contribution in [0.2, 0.25) is 0 Å². The lowest BCUT2D eigenvalue weighted by Crippen LogP contribution is -1.94. The van der Waals surface area contributed by atoms with E-state index in [-0.39, 0.29) is 0 Å². The molecular weight excluding hydrogens is 206 g/mol. The molecule has 2 aromatic rings. The van der Waals surface area contributed by atoms with E-state index in [0.717, 1.165) is 18.0 Å². The fourth-order valence-electron chi connectivity index (χ4n) is 1.22. The van der Waals surface area contributed by atoms with Gasteiger partial charge in [-0.25, -0.2) is 4.68 Å². The van der Waals surface area contributed by atoms with Crippen molar-refractivity contribution in [1.29, 1.82) is 0 Å². The van der Waals surface area contributed by atoms with Gasteiger partial charge < -0.3 is 0 Å². The van der Waals surface area contributed by atoms with Crippen LogP contribution in [0.1, 0.15) is 12.6 Å². The summed E-state index contributed by atoms with van der Waals surface area (Å²) in [5.74, 6) is 0.816. The molecule has 0 atom stereocenters. The van der Waals surface area contributed by atoms with Crippen LogP contribution in [0, 0.1) is 0 Å². The highest BCUT2D eigenvalue weighted by molar-refractivity contribution is 7.98. The maximum absolute atomic E-state index is 4.05. The predicted molar refractivity (Wildman–Crippen MR) is 61.7 cm³/mol. The zero-order valence-electron chi connectivity index (χ0n) is 8.63. The molecule has 0 unspecified atom stereocenters. The average Bonchev–Trinajstić information content (AvgIpc) is 2.76. The van der Waals surface area contributed by atoms with Gasteiger partial charge in [0, 0.05) is 11.1 Å². The summed E-state index contributed by atoms with van der Waals surface area (Å²) in [6, 6.07) is 10.3. The third-order valence-electron chi connectivity index (χ3n) is 2.06. The van der Waals surface area contributed by atoms with Crippen molar-refractivity contribution in [3.63, 3.8) is 0 Å². The number of aromatic nitrogens is 3. The van der Waals surface area contributed by atoms with Crippen LogP contribution in [0.3, 0.4) is 0 Å². The Labute approximate surface area is 93.5 Å². The van der Waals surface area contributed by atoms with Crippen molar-refractivity contribution in [3.05, 3.63) is 42.2 Å². The van der Waals surface area contributed by atoms with Crippen molar-refractivity contribution >= 4 is 11.8 Å². The van der Waals surface area contributed by atoms with Crippen LogP contribution < -0.4 is 0 Å². The standard InChI is InChI=1S/C11H13N3S/c1-2-10-8-14(13-12-10)9-15-11-6-4-3-5-7-11/h3-8H,2,9H2,1H3. The van der Waals surface area contributed by atoms with E-state index in [1.807, 2.05) is 29.1 Å². The van der Waals surface area contributed by atoms with Crippen LogP contribution in [0.25, 0.3) is 0 Å². The van der Waals surface area contributed by atoms with Crippen LogP contribution in [-0.4, -0.2) is 15.0 Å². The summed E-state index contributed by atoms with van der Waals surface area (Å²) in [6.07, 6.45) is 2.94. The maximum Gasteiger partial charge on any atom is 0.0927 e. The summed E-state index contributed by atoms with van der Waals surface area (Å²) in [5.41, 5.74) is 1.05. The van der Waals surface area contributed by atoms with Crippen molar-refractivity contribution in [3.8, 4) is 0 Å². The molecule has 0 radical (unpaired) electrons. The molecule has 0 saturated heterocycles. The number of thioether (sulfide) groups is 1. The fraction of sp³-hybridized carbons (Fsp3) is 0.273. The lowest BCUT2D eigenvalue weighted by Gasteiger charge is -1.99. The molecule has 0 saturated carbocycles. The van der Waals surface area contributed by atoms with Crippen LogP contribution in [0.4, 0.5) is 0 Å². The minimum Gasteiger partial charge on any atom is -0.242 e.